The zero-order valence-corrected chi connectivity index (χ0v) is 41.7. The van der Waals surface area contributed by atoms with Crippen LogP contribution in [0.3, 0.4) is 0 Å². The second-order valence-electron chi connectivity index (χ2n) is 20.3. The number of aliphatic carboxylic acids is 1. The average molecular weight is 968 g/mol. The van der Waals surface area contributed by atoms with Crippen molar-refractivity contribution < 1.29 is 53.4 Å². The van der Waals surface area contributed by atoms with Crippen molar-refractivity contribution in [3.8, 4) is 0 Å². The Hall–Kier alpha value is -5.63. The van der Waals surface area contributed by atoms with Crippen molar-refractivity contribution >= 4 is 53.2 Å². The summed E-state index contributed by atoms with van der Waals surface area (Å²) in [4.78, 5) is 127. The van der Waals surface area contributed by atoms with E-state index in [4.69, 9.17) is 5.73 Å². The average Bonchev–Trinajstić information content (AvgIpc) is 4.10. The SMILES string of the molecule is CC(C)C[C@H](NC(=O)[C@H](Cc1ccccc1)NC(=O)[C@@H]1CCCN1C(=O)[C@@H]1CCCN1C(=O)[C@@H](NC(=O)[C@@H](NC(=O)[C@@H](NC(=O)[C@@H]1CCCN1C(=O)[C@@H](N)[C@@H](C)O)C(C)C)C(C)C)C(C)C)C(=O)O. The second-order valence-corrected chi connectivity index (χ2v) is 20.3. The van der Waals surface area contributed by atoms with Crippen molar-refractivity contribution in [2.45, 2.75) is 174 Å². The highest BCUT2D eigenvalue weighted by Gasteiger charge is 2.46. The maximum absolute atomic E-state index is 14.5. The van der Waals surface area contributed by atoms with Crippen LogP contribution in [0.25, 0.3) is 0 Å². The Balaban J connectivity index is 1.46. The number of nitrogens with one attached hydrogen (secondary N) is 5. The van der Waals surface area contributed by atoms with E-state index in [1.807, 2.05) is 19.9 Å². The van der Waals surface area contributed by atoms with Gasteiger partial charge in [-0.3, -0.25) is 38.4 Å². The molecular formula is C49H77N9O11. The number of nitrogens with zero attached hydrogens (tertiary/aromatic N) is 3. The molecule has 20 nitrogen and oxygen atoms in total. The Morgan fingerprint density at radius 2 is 1.04 bits per heavy atom. The molecule has 3 aliphatic heterocycles. The summed E-state index contributed by atoms with van der Waals surface area (Å²) in [6.45, 7) is 16.2. The van der Waals surface area contributed by atoms with Crippen LogP contribution in [0.4, 0.5) is 0 Å². The minimum Gasteiger partial charge on any atom is -0.480 e. The molecule has 0 aliphatic carbocycles. The molecule has 4 rings (SSSR count). The van der Waals surface area contributed by atoms with E-state index in [0.29, 0.717) is 38.5 Å². The molecule has 1 aromatic rings. The predicted octanol–water partition coefficient (Wildman–Crippen LogP) is 0.433. The fraction of sp³-hybridized carbons (Fsp3) is 0.694. The highest BCUT2D eigenvalue weighted by atomic mass is 16.4. The normalized spacial score (nSPS) is 21.3. The van der Waals surface area contributed by atoms with Crippen molar-refractivity contribution in [3.05, 3.63) is 35.9 Å². The van der Waals surface area contributed by atoms with Crippen LogP contribution in [0.2, 0.25) is 0 Å². The Morgan fingerprint density at radius 3 is 1.55 bits per heavy atom. The smallest absolute Gasteiger partial charge is 0.326 e. The number of amides is 8. The molecule has 384 valence electrons. The van der Waals surface area contributed by atoms with E-state index in [9.17, 15) is 53.4 Å². The molecule has 3 saturated heterocycles. The van der Waals surface area contributed by atoms with Gasteiger partial charge in [0.2, 0.25) is 47.3 Å². The van der Waals surface area contributed by atoms with Gasteiger partial charge in [-0.1, -0.05) is 85.7 Å². The standard InChI is InChI=1S/C49H77N9O11/c1-26(2)24-33(49(68)69)52-41(60)32(25-31-16-11-10-12-17-31)51-42(61)34-18-13-21-56(34)46(65)36-20-15-23-58(36)48(67)40(29(7)8)55-45(64)39(28(5)6)54-44(63)38(27(3)4)53-43(62)35-19-14-22-57(35)47(66)37(50)30(9)59/h10-12,16-17,26-30,32-40,59H,13-15,18-25,50H2,1-9H3,(H,51,61)(H,52,60)(H,53,62)(H,54,63)(H,55,64)(H,68,69)/t30-,32+,33+,34+,35+,36+,37+,38+,39+,40+/m1/s1. The Labute approximate surface area is 406 Å². The molecule has 0 unspecified atom stereocenters. The van der Waals surface area contributed by atoms with Crippen LogP contribution < -0.4 is 32.3 Å². The number of carbonyl (C=O) groups excluding carboxylic acids is 8. The molecule has 3 heterocycles. The van der Waals surface area contributed by atoms with E-state index in [1.54, 1.807) is 65.8 Å². The van der Waals surface area contributed by atoms with Crippen LogP contribution in [0.1, 0.15) is 113 Å². The lowest BCUT2D eigenvalue weighted by Gasteiger charge is -2.35. The monoisotopic (exact) mass is 968 g/mol. The molecule has 69 heavy (non-hydrogen) atoms. The number of carboxylic acids is 1. The first-order chi connectivity index (χ1) is 32.4. The summed E-state index contributed by atoms with van der Waals surface area (Å²) in [6, 6.07) is -0.734. The van der Waals surface area contributed by atoms with Crippen molar-refractivity contribution in [1.29, 1.82) is 0 Å². The molecule has 1 aromatic carbocycles. The zero-order chi connectivity index (χ0) is 51.4. The van der Waals surface area contributed by atoms with E-state index in [0.717, 1.165) is 5.56 Å². The number of hydrogen-bond donors (Lipinski definition) is 8. The highest BCUT2D eigenvalue weighted by Crippen LogP contribution is 2.27. The van der Waals surface area contributed by atoms with Crippen molar-refractivity contribution in [1.82, 2.24) is 41.3 Å². The first-order valence-corrected chi connectivity index (χ1v) is 24.6. The summed E-state index contributed by atoms with van der Waals surface area (Å²) in [5, 5.41) is 33.5. The maximum atomic E-state index is 14.5. The highest BCUT2D eigenvalue weighted by molar-refractivity contribution is 5.98. The minimum absolute atomic E-state index is 0.0324. The Kier molecular flexibility index (Phi) is 20.5. The summed E-state index contributed by atoms with van der Waals surface area (Å²) in [7, 11) is 0. The van der Waals surface area contributed by atoms with Gasteiger partial charge >= 0.3 is 5.97 Å². The van der Waals surface area contributed by atoms with Gasteiger partial charge in [0, 0.05) is 26.1 Å². The molecule has 0 saturated carbocycles. The molecule has 3 fully saturated rings. The number of likely N-dealkylation sites (tertiary alicyclic amines) is 3. The quantitative estimate of drug-likeness (QED) is 0.0786. The molecule has 20 heteroatoms. The number of carboxylic acid groups (broad SMARTS) is 1. The van der Waals surface area contributed by atoms with Gasteiger partial charge in [-0.25, -0.2) is 4.79 Å². The third-order valence-electron chi connectivity index (χ3n) is 13.3. The largest absolute Gasteiger partial charge is 0.480 e. The predicted molar refractivity (Wildman–Crippen MR) is 255 cm³/mol. The van der Waals surface area contributed by atoms with Crippen LogP contribution in [-0.2, 0) is 49.6 Å². The van der Waals surface area contributed by atoms with Gasteiger partial charge < -0.3 is 57.2 Å². The fourth-order valence-corrected chi connectivity index (χ4v) is 9.27. The number of aliphatic hydroxyl groups is 1. The summed E-state index contributed by atoms with van der Waals surface area (Å²) in [5.41, 5.74) is 6.62. The van der Waals surface area contributed by atoms with E-state index >= 15 is 0 Å². The first-order valence-electron chi connectivity index (χ1n) is 24.6. The van der Waals surface area contributed by atoms with E-state index in [1.165, 1.54) is 21.6 Å². The molecule has 3 aliphatic rings. The van der Waals surface area contributed by atoms with Gasteiger partial charge in [0.25, 0.3) is 0 Å². The summed E-state index contributed by atoms with van der Waals surface area (Å²) < 4.78 is 0. The lowest BCUT2D eigenvalue weighted by atomic mass is 9.97. The Morgan fingerprint density at radius 1 is 0.580 bits per heavy atom. The number of nitrogens with two attached hydrogens (primary N) is 1. The van der Waals surface area contributed by atoms with Gasteiger partial charge in [0.1, 0.15) is 54.4 Å². The minimum atomic E-state index is -1.22. The van der Waals surface area contributed by atoms with Crippen LogP contribution in [0, 0.1) is 23.7 Å². The lowest BCUT2D eigenvalue weighted by Crippen LogP contribution is -2.62. The summed E-state index contributed by atoms with van der Waals surface area (Å²) >= 11 is 0. The summed E-state index contributed by atoms with van der Waals surface area (Å²) in [5.74, 6) is -7.22. The van der Waals surface area contributed by atoms with Gasteiger partial charge in [-0.15, -0.1) is 0 Å². The topological polar surface area (TPSA) is 290 Å². The lowest BCUT2D eigenvalue weighted by molar-refractivity contribution is -0.149. The molecule has 9 N–H and O–H groups in total. The number of rotatable bonds is 22. The van der Waals surface area contributed by atoms with Crippen LogP contribution in [0.15, 0.2) is 30.3 Å². The van der Waals surface area contributed by atoms with Gasteiger partial charge in [0.05, 0.1) is 6.10 Å². The van der Waals surface area contributed by atoms with Gasteiger partial charge in [-0.2, -0.15) is 0 Å². The van der Waals surface area contributed by atoms with Crippen LogP contribution >= 0.6 is 0 Å². The van der Waals surface area contributed by atoms with Crippen LogP contribution in [-0.4, -0.2) is 158 Å². The number of hydrogen-bond acceptors (Lipinski definition) is 11. The van der Waals surface area contributed by atoms with Gasteiger partial charge in [0.15, 0.2) is 0 Å². The second kappa shape index (κ2) is 25.3. The van der Waals surface area contributed by atoms with Crippen molar-refractivity contribution in [2.75, 3.05) is 19.6 Å². The zero-order valence-electron chi connectivity index (χ0n) is 41.7. The molecule has 0 radical (unpaired) electrons. The molecule has 10 atom stereocenters. The van der Waals surface area contributed by atoms with Crippen molar-refractivity contribution in [2.24, 2.45) is 29.4 Å². The number of aliphatic hydroxyl groups excluding tert-OH is 1. The third kappa shape index (κ3) is 14.7. The number of carbonyl (C=O) groups is 9. The molecule has 8 amide bonds. The first kappa shape index (κ1) is 56.0. The van der Waals surface area contributed by atoms with E-state index in [-0.39, 0.29) is 38.4 Å². The molecule has 0 spiro atoms. The van der Waals surface area contributed by atoms with E-state index < -0.39 is 131 Å². The van der Waals surface area contributed by atoms with Crippen molar-refractivity contribution in [3.63, 3.8) is 0 Å². The molecular weight excluding hydrogens is 891 g/mol. The molecule has 0 bridgehead atoms. The van der Waals surface area contributed by atoms with Gasteiger partial charge in [-0.05, 0) is 81.1 Å². The number of benzene rings is 1. The molecule has 0 aromatic heterocycles. The van der Waals surface area contributed by atoms with E-state index in [2.05, 4.69) is 26.6 Å². The fourth-order valence-electron chi connectivity index (χ4n) is 9.27. The van der Waals surface area contributed by atoms with Crippen LogP contribution in [0.5, 0.6) is 0 Å². The maximum Gasteiger partial charge on any atom is 0.326 e. The Bertz CT molecular complexity index is 2000. The third-order valence-corrected chi connectivity index (χ3v) is 13.3. The summed E-state index contributed by atoms with van der Waals surface area (Å²) in [6.07, 6.45) is 1.57.